The molecule has 7 heteroatoms. The van der Waals surface area contributed by atoms with Crippen molar-refractivity contribution in [2.24, 2.45) is 5.11 Å². The topological polar surface area (TPSA) is 96.3 Å². The Morgan fingerprint density at radius 1 is 1.59 bits per heavy atom. The van der Waals surface area contributed by atoms with E-state index < -0.39 is 11.7 Å². The highest BCUT2D eigenvalue weighted by Gasteiger charge is 2.28. The molecule has 0 bridgehead atoms. The number of hydrogen-bond acceptors (Lipinski definition) is 4. The first-order chi connectivity index (χ1) is 7.92. The maximum atomic E-state index is 11.6. The number of amides is 1. The molecule has 1 aliphatic rings. The highest BCUT2D eigenvalue weighted by atomic mass is 16.6. The molecule has 0 aliphatic carbocycles. The lowest BCUT2D eigenvalue weighted by atomic mass is 10.1. The summed E-state index contributed by atoms with van der Waals surface area (Å²) in [4.78, 5) is 14.3. The smallest absolute Gasteiger partial charge is 0.407 e. The zero-order chi connectivity index (χ0) is 12.9. The second-order valence-corrected chi connectivity index (χ2v) is 4.89. The van der Waals surface area contributed by atoms with Crippen molar-refractivity contribution in [3.8, 4) is 0 Å². The van der Waals surface area contributed by atoms with Crippen LogP contribution >= 0.6 is 0 Å². The van der Waals surface area contributed by atoms with Crippen LogP contribution in [0.1, 0.15) is 27.2 Å². The number of rotatable bonds is 2. The Labute approximate surface area is 100 Å². The molecule has 1 saturated heterocycles. The number of ether oxygens (including phenoxy) is 2. The van der Waals surface area contributed by atoms with Crippen LogP contribution in [0.15, 0.2) is 5.11 Å². The largest absolute Gasteiger partial charge is 0.444 e. The van der Waals surface area contributed by atoms with Crippen molar-refractivity contribution in [3.05, 3.63) is 10.4 Å². The monoisotopic (exact) mass is 242 g/mol. The SMILES string of the molecule is CC(C)(C)OC(=O)N[C@H]1COCCC1N=[N+]=[N-]. The van der Waals surface area contributed by atoms with Gasteiger partial charge in [-0.15, -0.1) is 0 Å². The summed E-state index contributed by atoms with van der Waals surface area (Å²) in [5.74, 6) is 0. The molecule has 0 aromatic rings. The first-order valence-electron chi connectivity index (χ1n) is 5.54. The van der Waals surface area contributed by atoms with Gasteiger partial charge in [0.25, 0.3) is 0 Å². The van der Waals surface area contributed by atoms with E-state index in [0.717, 1.165) is 0 Å². The number of carbonyl (C=O) groups is 1. The van der Waals surface area contributed by atoms with Crippen molar-refractivity contribution in [2.75, 3.05) is 13.2 Å². The normalized spacial score (nSPS) is 24.6. The molecule has 1 fully saturated rings. The fraction of sp³-hybridized carbons (Fsp3) is 0.900. The Bertz CT molecular complexity index is 320. The van der Waals surface area contributed by atoms with Gasteiger partial charge < -0.3 is 14.8 Å². The van der Waals surface area contributed by atoms with Crippen molar-refractivity contribution >= 4 is 6.09 Å². The number of nitrogens with one attached hydrogen (secondary N) is 1. The van der Waals surface area contributed by atoms with Gasteiger partial charge in [0, 0.05) is 11.5 Å². The second-order valence-electron chi connectivity index (χ2n) is 4.89. The lowest BCUT2D eigenvalue weighted by Gasteiger charge is -2.30. The van der Waals surface area contributed by atoms with Crippen molar-refractivity contribution in [2.45, 2.75) is 44.9 Å². The lowest BCUT2D eigenvalue weighted by Crippen LogP contribution is -2.49. The van der Waals surface area contributed by atoms with Gasteiger partial charge in [0.2, 0.25) is 0 Å². The van der Waals surface area contributed by atoms with E-state index in [1.807, 2.05) is 0 Å². The Hall–Kier alpha value is -1.46. The van der Waals surface area contributed by atoms with Crippen molar-refractivity contribution in [3.63, 3.8) is 0 Å². The van der Waals surface area contributed by atoms with E-state index in [0.29, 0.717) is 19.6 Å². The summed E-state index contributed by atoms with van der Waals surface area (Å²) in [6, 6.07) is -0.601. The van der Waals surface area contributed by atoms with Crippen molar-refractivity contribution in [1.82, 2.24) is 5.32 Å². The maximum absolute atomic E-state index is 11.6. The lowest BCUT2D eigenvalue weighted by molar-refractivity contribution is 0.0299. The van der Waals surface area contributed by atoms with E-state index in [9.17, 15) is 4.79 Å². The van der Waals surface area contributed by atoms with Crippen LogP contribution in [0.25, 0.3) is 10.4 Å². The molecule has 0 spiro atoms. The molecule has 17 heavy (non-hydrogen) atoms. The minimum Gasteiger partial charge on any atom is -0.444 e. The van der Waals surface area contributed by atoms with Gasteiger partial charge in [0.15, 0.2) is 0 Å². The summed E-state index contributed by atoms with van der Waals surface area (Å²) in [7, 11) is 0. The average Bonchev–Trinajstić information content (AvgIpc) is 2.18. The minimum absolute atomic E-state index is 0.277. The summed E-state index contributed by atoms with van der Waals surface area (Å²) in [6.07, 6.45) is 0.0796. The predicted molar refractivity (Wildman–Crippen MR) is 61.5 cm³/mol. The van der Waals surface area contributed by atoms with E-state index >= 15 is 0 Å². The Kier molecular flexibility index (Phi) is 4.60. The molecule has 0 aromatic carbocycles. The third kappa shape index (κ3) is 4.93. The summed E-state index contributed by atoms with van der Waals surface area (Å²) < 4.78 is 10.4. The van der Waals surface area contributed by atoms with Crippen LogP contribution in [0.4, 0.5) is 4.79 Å². The van der Waals surface area contributed by atoms with Crippen LogP contribution in [0.3, 0.4) is 0 Å². The molecule has 0 saturated carbocycles. The number of nitrogens with zero attached hydrogens (tertiary/aromatic N) is 3. The Morgan fingerprint density at radius 2 is 2.29 bits per heavy atom. The standard InChI is InChI=1S/C10H18N4O3/c1-10(2,3)17-9(15)12-8-6-16-5-4-7(8)13-14-11/h7-8H,4-6H2,1-3H3,(H,12,15)/t7?,8-/m0/s1. The molecule has 1 unspecified atom stereocenters. The maximum Gasteiger partial charge on any atom is 0.407 e. The van der Waals surface area contributed by atoms with Gasteiger partial charge in [0.1, 0.15) is 5.60 Å². The van der Waals surface area contributed by atoms with Gasteiger partial charge in [0.05, 0.1) is 18.7 Å². The molecule has 1 aliphatic heterocycles. The number of alkyl carbamates (subject to hydrolysis) is 1. The highest BCUT2D eigenvalue weighted by molar-refractivity contribution is 5.68. The third-order valence-corrected chi connectivity index (χ3v) is 2.22. The summed E-state index contributed by atoms with van der Waals surface area (Å²) in [5, 5.41) is 6.30. The van der Waals surface area contributed by atoms with E-state index in [4.69, 9.17) is 15.0 Å². The van der Waals surface area contributed by atoms with Gasteiger partial charge in [-0.1, -0.05) is 5.11 Å². The number of azide groups is 1. The summed E-state index contributed by atoms with van der Waals surface area (Å²) in [5.41, 5.74) is 7.88. The van der Waals surface area contributed by atoms with Gasteiger partial charge >= 0.3 is 6.09 Å². The zero-order valence-electron chi connectivity index (χ0n) is 10.3. The molecule has 1 heterocycles. The molecule has 0 radical (unpaired) electrons. The van der Waals surface area contributed by atoms with Crippen LogP contribution in [-0.4, -0.2) is 37.0 Å². The van der Waals surface area contributed by atoms with Crippen molar-refractivity contribution < 1.29 is 14.3 Å². The van der Waals surface area contributed by atoms with E-state index in [1.54, 1.807) is 20.8 Å². The van der Waals surface area contributed by atoms with Crippen LogP contribution in [0, 0.1) is 0 Å². The predicted octanol–water partition coefficient (Wildman–Crippen LogP) is 1.98. The van der Waals surface area contributed by atoms with Crippen LogP contribution in [-0.2, 0) is 9.47 Å². The minimum atomic E-state index is -0.548. The molecule has 1 amide bonds. The van der Waals surface area contributed by atoms with Crippen LogP contribution < -0.4 is 5.32 Å². The van der Waals surface area contributed by atoms with Crippen molar-refractivity contribution in [1.29, 1.82) is 0 Å². The van der Waals surface area contributed by atoms with E-state index in [-0.39, 0.29) is 12.1 Å². The molecule has 0 aromatic heterocycles. The molecular formula is C10H18N4O3. The summed E-state index contributed by atoms with van der Waals surface area (Å²) in [6.45, 7) is 6.23. The molecule has 1 rings (SSSR count). The zero-order valence-corrected chi connectivity index (χ0v) is 10.3. The van der Waals surface area contributed by atoms with Gasteiger partial charge in [-0.2, -0.15) is 0 Å². The molecular weight excluding hydrogens is 224 g/mol. The fourth-order valence-corrected chi connectivity index (χ4v) is 1.53. The average molecular weight is 242 g/mol. The quantitative estimate of drug-likeness (QED) is 0.455. The molecule has 96 valence electrons. The molecule has 2 atom stereocenters. The van der Waals surface area contributed by atoms with Gasteiger partial charge in [-0.05, 0) is 32.7 Å². The highest BCUT2D eigenvalue weighted by Crippen LogP contribution is 2.13. The summed E-state index contributed by atoms with van der Waals surface area (Å²) >= 11 is 0. The number of hydrogen-bond donors (Lipinski definition) is 1. The Morgan fingerprint density at radius 3 is 2.88 bits per heavy atom. The van der Waals surface area contributed by atoms with Crippen LogP contribution in [0.5, 0.6) is 0 Å². The Balaban J connectivity index is 2.53. The first kappa shape index (κ1) is 13.6. The number of carbonyl (C=O) groups excluding carboxylic acids is 1. The molecule has 1 N–H and O–H groups in total. The second kappa shape index (κ2) is 5.75. The molecule has 7 nitrogen and oxygen atoms in total. The van der Waals surface area contributed by atoms with E-state index in [1.165, 1.54) is 0 Å². The fourth-order valence-electron chi connectivity index (χ4n) is 1.53. The van der Waals surface area contributed by atoms with Gasteiger partial charge in [-0.3, -0.25) is 0 Å². The van der Waals surface area contributed by atoms with Gasteiger partial charge in [-0.25, -0.2) is 4.79 Å². The third-order valence-electron chi connectivity index (χ3n) is 2.22. The van der Waals surface area contributed by atoms with E-state index in [2.05, 4.69) is 15.3 Å². The first-order valence-corrected chi connectivity index (χ1v) is 5.54. The van der Waals surface area contributed by atoms with Crippen LogP contribution in [0.2, 0.25) is 0 Å².